The fraction of sp³-hybridized carbons (Fsp3) is 0.714. The highest BCUT2D eigenvalue weighted by Gasteiger charge is 2.35. The van der Waals surface area contributed by atoms with Gasteiger partial charge in [0, 0.05) is 38.2 Å². The number of hydrogen-bond acceptors (Lipinski definition) is 9. The van der Waals surface area contributed by atoms with Crippen molar-refractivity contribution in [3.63, 3.8) is 0 Å². The van der Waals surface area contributed by atoms with Crippen molar-refractivity contribution in [3.8, 4) is 0 Å². The summed E-state index contributed by atoms with van der Waals surface area (Å²) in [5, 5.41) is 16.2. The molecule has 1 aliphatic rings. The molecule has 0 aliphatic heterocycles. The zero-order chi connectivity index (χ0) is 23.2. The molecule has 4 N–H and O–H groups in total. The van der Waals surface area contributed by atoms with Crippen LogP contribution in [0.2, 0.25) is 0 Å². The Bertz CT molecular complexity index is 823. The molecule has 31 heavy (non-hydrogen) atoms. The van der Waals surface area contributed by atoms with E-state index in [1.807, 2.05) is 4.57 Å². The molecule has 3 rings (SSSR count). The summed E-state index contributed by atoms with van der Waals surface area (Å²) in [5.74, 6) is -0.873. The number of carbonyl (C=O) groups is 1. The number of nitrogens with zero attached hydrogens (tertiary/aromatic N) is 5. The van der Waals surface area contributed by atoms with Crippen LogP contribution in [0.1, 0.15) is 47.0 Å². The number of aromatic nitrogens is 4. The Morgan fingerprint density at radius 2 is 1.97 bits per heavy atom. The number of ether oxygens (including phenoxy) is 1. The van der Waals surface area contributed by atoms with Crippen molar-refractivity contribution >= 4 is 23.3 Å². The molecule has 1 atom stereocenters. The van der Waals surface area contributed by atoms with Crippen molar-refractivity contribution < 1.29 is 19.7 Å². The number of imidazole rings is 1. The average molecular weight is 437 g/mol. The number of anilines is 1. The molecule has 1 saturated carbocycles. The number of aliphatic hydroxyl groups is 2. The molecule has 0 radical (unpaired) electrons. The summed E-state index contributed by atoms with van der Waals surface area (Å²) in [7, 11) is 1.75. The van der Waals surface area contributed by atoms with Crippen LogP contribution in [-0.4, -0.2) is 78.5 Å². The number of methoxy groups -OCH3 is 1. The maximum absolute atomic E-state index is 10.9. The van der Waals surface area contributed by atoms with Gasteiger partial charge >= 0.3 is 0 Å². The predicted octanol–water partition coefficient (Wildman–Crippen LogP) is 1.21. The zero-order valence-corrected chi connectivity index (χ0v) is 19.1. The van der Waals surface area contributed by atoms with Gasteiger partial charge in [-0.05, 0) is 47.0 Å². The minimum Gasteiger partial charge on any atom is -0.382 e. The van der Waals surface area contributed by atoms with E-state index in [0.29, 0.717) is 23.4 Å². The molecule has 174 valence electrons. The third kappa shape index (κ3) is 7.49. The summed E-state index contributed by atoms with van der Waals surface area (Å²) in [6, 6.07) is 0.899. The van der Waals surface area contributed by atoms with Gasteiger partial charge in [-0.2, -0.15) is 0 Å². The number of rotatable bonds is 9. The molecule has 1 aliphatic carbocycles. The maximum atomic E-state index is 10.9. The van der Waals surface area contributed by atoms with Crippen LogP contribution in [0.3, 0.4) is 0 Å². The molecule has 0 bridgehead atoms. The quantitative estimate of drug-likeness (QED) is 0.391. The lowest BCUT2D eigenvalue weighted by Crippen LogP contribution is -2.51. The van der Waals surface area contributed by atoms with Gasteiger partial charge in [0.25, 0.3) is 0 Å². The van der Waals surface area contributed by atoms with Gasteiger partial charge in [-0.25, -0.2) is 15.0 Å². The molecule has 0 aromatic carbocycles. The molecule has 0 amide bonds. The summed E-state index contributed by atoms with van der Waals surface area (Å²) >= 11 is 0. The summed E-state index contributed by atoms with van der Waals surface area (Å²) < 4.78 is 7.73. The van der Waals surface area contributed by atoms with Crippen LogP contribution in [-0.2, 0) is 16.1 Å². The second kappa shape index (κ2) is 10.9. The normalized spacial score (nSPS) is 19.8. The van der Waals surface area contributed by atoms with Crippen molar-refractivity contribution in [1.29, 1.82) is 0 Å². The maximum Gasteiger partial charge on any atom is 0.165 e. The Hall–Kier alpha value is -2.14. The predicted molar refractivity (Wildman–Crippen MR) is 118 cm³/mol. The topological polar surface area (TPSA) is 140 Å². The van der Waals surface area contributed by atoms with Crippen LogP contribution in [0, 0.1) is 5.92 Å². The summed E-state index contributed by atoms with van der Waals surface area (Å²) in [6.07, 6.45) is 7.16. The van der Waals surface area contributed by atoms with E-state index in [0.717, 1.165) is 44.3 Å². The molecule has 2 aromatic rings. The van der Waals surface area contributed by atoms with Crippen LogP contribution in [0.4, 0.5) is 5.82 Å². The van der Waals surface area contributed by atoms with Gasteiger partial charge in [-0.15, -0.1) is 0 Å². The monoisotopic (exact) mass is 436 g/mol. The highest BCUT2D eigenvalue weighted by Crippen LogP contribution is 2.32. The van der Waals surface area contributed by atoms with Crippen LogP contribution in [0.25, 0.3) is 11.2 Å². The average Bonchev–Trinajstić information content (AvgIpc) is 3.05. The van der Waals surface area contributed by atoms with E-state index in [2.05, 4.69) is 33.7 Å². The third-order valence-corrected chi connectivity index (χ3v) is 5.34. The van der Waals surface area contributed by atoms with Crippen molar-refractivity contribution in [2.75, 3.05) is 19.4 Å². The fourth-order valence-electron chi connectivity index (χ4n) is 3.66. The van der Waals surface area contributed by atoms with Crippen LogP contribution < -0.4 is 5.73 Å². The van der Waals surface area contributed by atoms with E-state index in [9.17, 15) is 4.79 Å². The van der Waals surface area contributed by atoms with E-state index in [4.69, 9.17) is 20.7 Å². The van der Waals surface area contributed by atoms with Crippen LogP contribution >= 0.6 is 0 Å². The van der Waals surface area contributed by atoms with Crippen LogP contribution in [0.15, 0.2) is 12.7 Å². The van der Waals surface area contributed by atoms with Gasteiger partial charge in [0.2, 0.25) is 0 Å². The summed E-state index contributed by atoms with van der Waals surface area (Å²) in [6.45, 7) is 8.60. The summed E-state index contributed by atoms with van der Waals surface area (Å²) in [4.78, 5) is 25.9. The molecule has 2 aromatic heterocycles. The Morgan fingerprint density at radius 1 is 1.32 bits per heavy atom. The first-order chi connectivity index (χ1) is 14.5. The molecular weight excluding hydrogens is 400 g/mol. The van der Waals surface area contributed by atoms with E-state index in [1.165, 1.54) is 20.2 Å². The molecule has 10 nitrogen and oxygen atoms in total. The van der Waals surface area contributed by atoms with Gasteiger partial charge < -0.3 is 30.0 Å². The second-order valence-electron chi connectivity index (χ2n) is 8.82. The van der Waals surface area contributed by atoms with Crippen molar-refractivity contribution in [3.05, 3.63) is 12.7 Å². The molecule has 0 saturated heterocycles. The third-order valence-electron chi connectivity index (χ3n) is 5.34. The largest absolute Gasteiger partial charge is 0.382 e. The Morgan fingerprint density at radius 3 is 2.52 bits per heavy atom. The molecule has 0 spiro atoms. The van der Waals surface area contributed by atoms with E-state index < -0.39 is 5.79 Å². The lowest BCUT2D eigenvalue weighted by atomic mass is 9.79. The number of hydrogen-bond donors (Lipinski definition) is 3. The van der Waals surface area contributed by atoms with Gasteiger partial charge in [0.1, 0.15) is 18.1 Å². The first-order valence-corrected chi connectivity index (χ1v) is 10.6. The van der Waals surface area contributed by atoms with Gasteiger partial charge in [-0.3, -0.25) is 4.90 Å². The Kier molecular flexibility index (Phi) is 8.87. The smallest absolute Gasteiger partial charge is 0.165 e. The number of fused-ring (bicyclic) bond motifs is 1. The number of aldehydes is 1. The van der Waals surface area contributed by atoms with E-state index in [-0.39, 0.29) is 12.0 Å². The van der Waals surface area contributed by atoms with Gasteiger partial charge in [0.15, 0.2) is 17.3 Å². The SMILES string of the molecule is CC(C)(O)O.COC(CCn1cnc2c(N)ncnc21)CN(C(C)C)C1CC(C=O)C1. The minimum absolute atomic E-state index is 0.101. The number of nitrogen functional groups attached to an aromatic ring is 1. The fourth-order valence-corrected chi connectivity index (χ4v) is 3.66. The Labute approximate surface area is 183 Å². The number of nitrogens with two attached hydrogens (primary N) is 1. The first kappa shape index (κ1) is 25.1. The number of carbonyl (C=O) groups excluding carboxylic acids is 1. The highest BCUT2D eigenvalue weighted by atomic mass is 16.5. The first-order valence-electron chi connectivity index (χ1n) is 10.6. The van der Waals surface area contributed by atoms with Crippen molar-refractivity contribution in [2.45, 2.75) is 77.5 Å². The molecule has 10 heteroatoms. The van der Waals surface area contributed by atoms with E-state index in [1.54, 1.807) is 13.4 Å². The summed E-state index contributed by atoms with van der Waals surface area (Å²) in [5.41, 5.74) is 7.23. The standard InChI is InChI=1S/C18H28N6O2.C3H8O2/c1-12(2)24(14-6-13(7-14)9-25)8-15(26-3)4-5-23-11-22-16-17(19)20-10-21-18(16)23;1-3(2,4)5/h9-15H,4-8H2,1-3H3,(H2,19,20,21);4-5H,1-2H3. The highest BCUT2D eigenvalue weighted by molar-refractivity contribution is 5.81. The molecular formula is C21H36N6O4. The van der Waals surface area contributed by atoms with Gasteiger partial charge in [0.05, 0.1) is 12.4 Å². The number of aryl methyl sites for hydroxylation is 1. The second-order valence-corrected chi connectivity index (χ2v) is 8.82. The van der Waals surface area contributed by atoms with Gasteiger partial charge in [-0.1, -0.05) is 0 Å². The van der Waals surface area contributed by atoms with Crippen LogP contribution in [0.5, 0.6) is 0 Å². The molecule has 1 fully saturated rings. The molecule has 1 unspecified atom stereocenters. The Balaban J connectivity index is 0.000000614. The molecule has 2 heterocycles. The van der Waals surface area contributed by atoms with Crippen molar-refractivity contribution in [2.24, 2.45) is 5.92 Å². The van der Waals surface area contributed by atoms with E-state index >= 15 is 0 Å². The lowest BCUT2D eigenvalue weighted by Gasteiger charge is -2.44. The lowest BCUT2D eigenvalue weighted by molar-refractivity contribution is -0.127. The zero-order valence-electron chi connectivity index (χ0n) is 19.1. The minimum atomic E-state index is -1.50. The van der Waals surface area contributed by atoms with Crippen molar-refractivity contribution in [1.82, 2.24) is 24.4 Å².